The second-order valence-corrected chi connectivity index (χ2v) is 5.37. The predicted octanol–water partition coefficient (Wildman–Crippen LogP) is 1.76. The van der Waals surface area contributed by atoms with Crippen molar-refractivity contribution in [1.29, 1.82) is 0 Å². The van der Waals surface area contributed by atoms with Crippen LogP contribution >= 0.6 is 0 Å². The Balaban J connectivity index is 2.16. The van der Waals surface area contributed by atoms with Gasteiger partial charge < -0.3 is 15.0 Å². The van der Waals surface area contributed by atoms with Crippen LogP contribution in [0.5, 0.6) is 0 Å². The number of hydrogen-bond acceptors (Lipinski definition) is 4. The van der Waals surface area contributed by atoms with Gasteiger partial charge in [0.15, 0.2) is 0 Å². The summed E-state index contributed by atoms with van der Waals surface area (Å²) < 4.78 is 5.73. The molecule has 0 spiro atoms. The Bertz CT molecular complexity index is 466. The van der Waals surface area contributed by atoms with Gasteiger partial charge in [-0.3, -0.25) is 4.79 Å². The number of aromatic amines is 1. The number of aromatic nitrogens is 2. The number of nitrogens with one attached hydrogen (secondary N) is 2. The Morgan fingerprint density at radius 1 is 1.53 bits per heavy atom. The largest absolute Gasteiger partial charge is 0.370 e. The van der Waals surface area contributed by atoms with Crippen LogP contribution < -0.4 is 10.9 Å². The van der Waals surface area contributed by atoms with Gasteiger partial charge in [0.1, 0.15) is 11.9 Å². The molecule has 0 aromatic carbocycles. The fourth-order valence-electron chi connectivity index (χ4n) is 2.08. The van der Waals surface area contributed by atoms with Gasteiger partial charge in [0, 0.05) is 25.3 Å². The van der Waals surface area contributed by atoms with Gasteiger partial charge >= 0.3 is 0 Å². The third kappa shape index (κ3) is 4.14. The standard InChI is InChI=1S/C14H23N3O2/c1-4-19-13(10-5-6-10)14-16-11(7-12(18)17-14)8-15-9(2)3/h7,9-10,13,15H,4-6,8H2,1-3H3,(H,16,17,18). The lowest BCUT2D eigenvalue weighted by atomic mass is 10.2. The summed E-state index contributed by atoms with van der Waals surface area (Å²) in [7, 11) is 0. The first-order chi connectivity index (χ1) is 9.10. The maximum atomic E-state index is 11.7. The average Bonchev–Trinajstić information content (AvgIpc) is 3.17. The number of rotatable bonds is 7. The van der Waals surface area contributed by atoms with E-state index in [9.17, 15) is 4.79 Å². The molecule has 1 saturated carbocycles. The van der Waals surface area contributed by atoms with Crippen LogP contribution in [0.15, 0.2) is 10.9 Å². The van der Waals surface area contributed by atoms with Crippen LogP contribution in [0.2, 0.25) is 0 Å². The first kappa shape index (κ1) is 14.2. The molecule has 1 aromatic rings. The van der Waals surface area contributed by atoms with Crippen molar-refractivity contribution in [2.24, 2.45) is 5.92 Å². The molecular weight excluding hydrogens is 242 g/mol. The van der Waals surface area contributed by atoms with Gasteiger partial charge in [0.05, 0.1) is 5.69 Å². The monoisotopic (exact) mass is 265 g/mol. The zero-order chi connectivity index (χ0) is 13.8. The topological polar surface area (TPSA) is 67.0 Å². The molecule has 1 aliphatic rings. The normalized spacial score (nSPS) is 16.8. The molecule has 106 valence electrons. The highest BCUT2D eigenvalue weighted by atomic mass is 16.5. The van der Waals surface area contributed by atoms with Crippen LogP contribution in [0.25, 0.3) is 0 Å². The van der Waals surface area contributed by atoms with Crippen molar-refractivity contribution >= 4 is 0 Å². The lowest BCUT2D eigenvalue weighted by Gasteiger charge is -2.16. The smallest absolute Gasteiger partial charge is 0.251 e. The summed E-state index contributed by atoms with van der Waals surface area (Å²) in [5.74, 6) is 1.19. The van der Waals surface area contributed by atoms with Gasteiger partial charge in [0.2, 0.25) is 0 Å². The third-order valence-electron chi connectivity index (χ3n) is 3.17. The SMILES string of the molecule is CCOC(c1nc(CNC(C)C)cc(=O)[nH]1)C1CC1. The molecule has 1 unspecified atom stereocenters. The lowest BCUT2D eigenvalue weighted by molar-refractivity contribution is 0.0397. The van der Waals surface area contributed by atoms with Crippen molar-refractivity contribution < 1.29 is 4.74 Å². The molecule has 2 N–H and O–H groups in total. The molecule has 0 bridgehead atoms. The van der Waals surface area contributed by atoms with E-state index in [2.05, 4.69) is 29.1 Å². The van der Waals surface area contributed by atoms with E-state index < -0.39 is 0 Å². The van der Waals surface area contributed by atoms with E-state index in [-0.39, 0.29) is 11.7 Å². The molecule has 0 saturated heterocycles. The second kappa shape index (κ2) is 6.30. The molecule has 5 heteroatoms. The maximum Gasteiger partial charge on any atom is 0.251 e. The van der Waals surface area contributed by atoms with Gasteiger partial charge in [-0.15, -0.1) is 0 Å². The highest BCUT2D eigenvalue weighted by Crippen LogP contribution is 2.41. The molecule has 0 aliphatic heterocycles. The first-order valence-electron chi connectivity index (χ1n) is 7.05. The molecule has 1 aliphatic carbocycles. The van der Waals surface area contributed by atoms with Gasteiger partial charge in [0.25, 0.3) is 5.56 Å². The summed E-state index contributed by atoms with van der Waals surface area (Å²) in [4.78, 5) is 19.1. The van der Waals surface area contributed by atoms with E-state index in [0.717, 1.165) is 18.5 Å². The summed E-state index contributed by atoms with van der Waals surface area (Å²) in [5.41, 5.74) is 0.675. The maximum absolute atomic E-state index is 11.7. The minimum absolute atomic E-state index is 0.0586. The molecule has 1 atom stereocenters. The molecule has 1 aromatic heterocycles. The summed E-state index contributed by atoms with van der Waals surface area (Å²) in [5, 5.41) is 3.28. The van der Waals surface area contributed by atoms with E-state index in [1.165, 1.54) is 0 Å². The second-order valence-electron chi connectivity index (χ2n) is 5.37. The fraction of sp³-hybridized carbons (Fsp3) is 0.714. The molecule has 19 heavy (non-hydrogen) atoms. The molecule has 5 nitrogen and oxygen atoms in total. The van der Waals surface area contributed by atoms with E-state index >= 15 is 0 Å². The molecule has 1 heterocycles. The molecule has 2 rings (SSSR count). The molecule has 0 radical (unpaired) electrons. The van der Waals surface area contributed by atoms with E-state index in [1.54, 1.807) is 6.07 Å². The van der Waals surface area contributed by atoms with Crippen LogP contribution in [-0.2, 0) is 11.3 Å². The number of H-pyrrole nitrogens is 1. The predicted molar refractivity (Wildman–Crippen MR) is 73.9 cm³/mol. The summed E-state index contributed by atoms with van der Waals surface area (Å²) in [6.45, 7) is 7.36. The van der Waals surface area contributed by atoms with Crippen molar-refractivity contribution in [3.8, 4) is 0 Å². The quantitative estimate of drug-likeness (QED) is 0.788. The minimum atomic E-state index is -0.101. The highest BCUT2D eigenvalue weighted by molar-refractivity contribution is 5.07. The average molecular weight is 265 g/mol. The van der Waals surface area contributed by atoms with Crippen LogP contribution in [-0.4, -0.2) is 22.6 Å². The number of hydrogen-bond donors (Lipinski definition) is 2. The Labute approximate surface area is 113 Å². The fourth-order valence-corrected chi connectivity index (χ4v) is 2.08. The van der Waals surface area contributed by atoms with Crippen molar-refractivity contribution in [3.63, 3.8) is 0 Å². The zero-order valence-corrected chi connectivity index (χ0v) is 11.9. The lowest BCUT2D eigenvalue weighted by Crippen LogP contribution is -2.25. The van der Waals surface area contributed by atoms with Crippen LogP contribution in [0.4, 0.5) is 0 Å². The van der Waals surface area contributed by atoms with Crippen LogP contribution in [0, 0.1) is 5.92 Å². The Morgan fingerprint density at radius 2 is 2.26 bits per heavy atom. The van der Waals surface area contributed by atoms with Gasteiger partial charge in [-0.1, -0.05) is 13.8 Å². The van der Waals surface area contributed by atoms with Gasteiger partial charge in [-0.2, -0.15) is 0 Å². The summed E-state index contributed by atoms with van der Waals surface area (Å²) in [6.07, 6.45) is 2.25. The van der Waals surface area contributed by atoms with E-state index in [1.807, 2.05) is 6.92 Å². The van der Waals surface area contributed by atoms with Crippen LogP contribution in [0.1, 0.15) is 51.2 Å². The van der Waals surface area contributed by atoms with E-state index in [0.29, 0.717) is 30.9 Å². The first-order valence-corrected chi connectivity index (χ1v) is 7.05. The van der Waals surface area contributed by atoms with Gasteiger partial charge in [-0.05, 0) is 25.7 Å². The zero-order valence-electron chi connectivity index (χ0n) is 11.9. The van der Waals surface area contributed by atoms with Crippen molar-refractivity contribution in [1.82, 2.24) is 15.3 Å². The Morgan fingerprint density at radius 3 is 2.84 bits per heavy atom. The third-order valence-corrected chi connectivity index (χ3v) is 3.17. The van der Waals surface area contributed by atoms with Gasteiger partial charge in [-0.25, -0.2) is 4.98 Å². The minimum Gasteiger partial charge on any atom is -0.370 e. The van der Waals surface area contributed by atoms with Crippen molar-refractivity contribution in [3.05, 3.63) is 27.9 Å². The van der Waals surface area contributed by atoms with E-state index in [4.69, 9.17) is 4.74 Å². The Hall–Kier alpha value is -1.20. The molecular formula is C14H23N3O2. The summed E-state index contributed by atoms with van der Waals surface area (Å²) in [6, 6.07) is 1.92. The Kier molecular flexibility index (Phi) is 4.71. The number of ether oxygens (including phenoxy) is 1. The van der Waals surface area contributed by atoms with Crippen LogP contribution in [0.3, 0.4) is 0 Å². The summed E-state index contributed by atoms with van der Waals surface area (Å²) >= 11 is 0. The van der Waals surface area contributed by atoms with Crippen molar-refractivity contribution in [2.75, 3.05) is 6.61 Å². The molecule has 0 amide bonds. The number of nitrogens with zero attached hydrogens (tertiary/aromatic N) is 1. The van der Waals surface area contributed by atoms with Crippen molar-refractivity contribution in [2.45, 2.75) is 52.3 Å². The highest BCUT2D eigenvalue weighted by Gasteiger charge is 2.34. The molecule has 1 fully saturated rings.